The highest BCUT2D eigenvalue weighted by atomic mass is 16.3. The molecule has 0 radical (unpaired) electrons. The van der Waals surface area contributed by atoms with Gasteiger partial charge < -0.3 is 15.3 Å². The van der Waals surface area contributed by atoms with Gasteiger partial charge in [0.15, 0.2) is 5.75 Å². The van der Waals surface area contributed by atoms with Crippen LogP contribution in [-0.2, 0) is 11.2 Å². The number of nitrogens with zero attached hydrogens (tertiary/aromatic N) is 3. The number of aromatic nitrogens is 2. The van der Waals surface area contributed by atoms with Gasteiger partial charge in [0.2, 0.25) is 11.7 Å². The van der Waals surface area contributed by atoms with E-state index in [0.717, 1.165) is 30.1 Å². The number of fused-ring (bicyclic) bond motifs is 1. The van der Waals surface area contributed by atoms with Crippen molar-refractivity contribution in [3.8, 4) is 5.75 Å². The average Bonchev–Trinajstić information content (AvgIpc) is 2.90. The van der Waals surface area contributed by atoms with Gasteiger partial charge in [-0.15, -0.1) is 0 Å². The highest BCUT2D eigenvalue weighted by Gasteiger charge is 2.33. The Balaban J connectivity index is 1.73. The monoisotopic (exact) mass is 326 g/mol. The van der Waals surface area contributed by atoms with E-state index in [1.165, 1.54) is 0 Å². The maximum absolute atomic E-state index is 12.8. The van der Waals surface area contributed by atoms with Crippen molar-refractivity contribution in [2.75, 3.05) is 4.90 Å². The third-order valence-electron chi connectivity index (χ3n) is 4.00. The molecule has 3 rings (SSSR count). The molecule has 0 saturated carbocycles. The van der Waals surface area contributed by atoms with Crippen molar-refractivity contribution in [2.45, 2.75) is 32.4 Å². The summed E-state index contributed by atoms with van der Waals surface area (Å²) in [7, 11) is 0. The number of benzene rings is 1. The minimum Gasteiger partial charge on any atom is -0.505 e. The van der Waals surface area contributed by atoms with Gasteiger partial charge in [-0.25, -0.2) is 9.97 Å². The van der Waals surface area contributed by atoms with E-state index in [1.54, 1.807) is 11.8 Å². The van der Waals surface area contributed by atoms with E-state index in [2.05, 4.69) is 15.3 Å². The third-order valence-corrected chi connectivity index (χ3v) is 4.00. The second-order valence-corrected chi connectivity index (χ2v) is 5.85. The number of para-hydroxylation sites is 1. The van der Waals surface area contributed by atoms with Crippen LogP contribution in [0.2, 0.25) is 0 Å². The quantitative estimate of drug-likeness (QED) is 0.886. The van der Waals surface area contributed by atoms with Crippen molar-refractivity contribution in [1.29, 1.82) is 0 Å². The third kappa shape index (κ3) is 2.92. The van der Waals surface area contributed by atoms with Gasteiger partial charge in [-0.05, 0) is 31.9 Å². The lowest BCUT2D eigenvalue weighted by atomic mass is 10.1. The van der Waals surface area contributed by atoms with Gasteiger partial charge in [-0.1, -0.05) is 18.2 Å². The number of amides is 2. The van der Waals surface area contributed by atoms with E-state index in [4.69, 9.17) is 5.11 Å². The van der Waals surface area contributed by atoms with Crippen molar-refractivity contribution in [1.82, 2.24) is 15.3 Å². The molecule has 0 saturated heterocycles. The van der Waals surface area contributed by atoms with Crippen molar-refractivity contribution < 1.29 is 14.7 Å². The van der Waals surface area contributed by atoms with E-state index < -0.39 is 11.9 Å². The summed E-state index contributed by atoms with van der Waals surface area (Å²) in [6.07, 6.45) is 3.06. The second kappa shape index (κ2) is 6.27. The molecule has 2 N–H and O–H groups in total. The maximum Gasteiger partial charge on any atom is 0.289 e. The van der Waals surface area contributed by atoms with E-state index in [-0.39, 0.29) is 23.5 Å². The number of anilines is 1. The molecule has 7 heteroatoms. The Kier molecular flexibility index (Phi) is 4.16. The predicted octanol–water partition coefficient (Wildman–Crippen LogP) is 1.28. The summed E-state index contributed by atoms with van der Waals surface area (Å²) in [6.45, 7) is 3.61. The lowest BCUT2D eigenvalue weighted by Crippen LogP contribution is -2.49. The SMILES string of the molecule is CC(NC(=O)c1ncc(O)cn1)C(=O)N1c2ccccc2CC1C. The molecule has 0 bridgehead atoms. The number of hydrogen-bond donors (Lipinski definition) is 2. The van der Waals surface area contributed by atoms with Crippen molar-refractivity contribution in [2.24, 2.45) is 0 Å². The minimum atomic E-state index is -0.719. The van der Waals surface area contributed by atoms with Crippen LogP contribution in [-0.4, -0.2) is 39.0 Å². The number of rotatable bonds is 3. The topological polar surface area (TPSA) is 95.4 Å². The number of hydrogen-bond acceptors (Lipinski definition) is 5. The van der Waals surface area contributed by atoms with Gasteiger partial charge in [-0.2, -0.15) is 0 Å². The molecule has 124 valence electrons. The lowest BCUT2D eigenvalue weighted by molar-refractivity contribution is -0.120. The minimum absolute atomic E-state index is 0.0409. The van der Waals surface area contributed by atoms with Crippen LogP contribution in [0.1, 0.15) is 30.0 Å². The zero-order valence-corrected chi connectivity index (χ0v) is 13.4. The molecular weight excluding hydrogens is 308 g/mol. The highest BCUT2D eigenvalue weighted by molar-refractivity contribution is 6.02. The molecule has 24 heavy (non-hydrogen) atoms. The van der Waals surface area contributed by atoms with Crippen molar-refractivity contribution in [3.63, 3.8) is 0 Å². The maximum atomic E-state index is 12.8. The van der Waals surface area contributed by atoms with Gasteiger partial charge in [0.1, 0.15) is 6.04 Å². The standard InChI is InChI=1S/C17H18N4O3/c1-10-7-12-5-3-4-6-14(12)21(10)17(24)11(2)20-16(23)15-18-8-13(22)9-19-15/h3-6,8-11,22H,7H2,1-2H3,(H,20,23). The van der Waals surface area contributed by atoms with Crippen LogP contribution in [0, 0.1) is 0 Å². The zero-order chi connectivity index (χ0) is 17.3. The first-order chi connectivity index (χ1) is 11.5. The molecule has 2 heterocycles. The number of carbonyl (C=O) groups is 2. The summed E-state index contributed by atoms with van der Waals surface area (Å²) >= 11 is 0. The average molecular weight is 326 g/mol. The Morgan fingerprint density at radius 1 is 1.29 bits per heavy atom. The van der Waals surface area contributed by atoms with Crippen LogP contribution in [0.5, 0.6) is 5.75 Å². The molecule has 2 amide bonds. The molecule has 0 fully saturated rings. The molecule has 0 aliphatic carbocycles. The Hall–Kier alpha value is -2.96. The van der Waals surface area contributed by atoms with Crippen LogP contribution in [0.3, 0.4) is 0 Å². The van der Waals surface area contributed by atoms with E-state index in [0.29, 0.717) is 0 Å². The van der Waals surface area contributed by atoms with Gasteiger partial charge >= 0.3 is 0 Å². The van der Waals surface area contributed by atoms with E-state index in [1.807, 2.05) is 31.2 Å². The van der Waals surface area contributed by atoms with Crippen LogP contribution < -0.4 is 10.2 Å². The smallest absolute Gasteiger partial charge is 0.289 e. The van der Waals surface area contributed by atoms with Gasteiger partial charge in [0, 0.05) is 11.7 Å². The van der Waals surface area contributed by atoms with Crippen LogP contribution in [0.25, 0.3) is 0 Å². The first-order valence-electron chi connectivity index (χ1n) is 7.70. The summed E-state index contributed by atoms with van der Waals surface area (Å²) in [5, 5.41) is 11.8. The Labute approximate surface area is 139 Å². The summed E-state index contributed by atoms with van der Waals surface area (Å²) in [5.74, 6) is -0.962. The molecule has 2 unspecified atom stereocenters. The molecule has 2 aromatic rings. The zero-order valence-electron chi connectivity index (χ0n) is 13.4. The Morgan fingerprint density at radius 3 is 2.67 bits per heavy atom. The van der Waals surface area contributed by atoms with E-state index in [9.17, 15) is 9.59 Å². The summed E-state index contributed by atoms with van der Waals surface area (Å²) < 4.78 is 0. The number of nitrogens with one attached hydrogen (secondary N) is 1. The van der Waals surface area contributed by atoms with E-state index >= 15 is 0 Å². The van der Waals surface area contributed by atoms with Gasteiger partial charge in [0.25, 0.3) is 5.91 Å². The molecule has 1 aliphatic heterocycles. The lowest BCUT2D eigenvalue weighted by Gasteiger charge is -2.26. The molecule has 1 aliphatic rings. The normalized spacial score (nSPS) is 17.2. The van der Waals surface area contributed by atoms with Crippen LogP contribution in [0.4, 0.5) is 5.69 Å². The predicted molar refractivity (Wildman–Crippen MR) is 87.7 cm³/mol. The number of carbonyl (C=O) groups excluding carboxylic acids is 2. The summed E-state index contributed by atoms with van der Waals surface area (Å²) in [5.41, 5.74) is 2.01. The molecule has 1 aromatic carbocycles. The van der Waals surface area contributed by atoms with Crippen LogP contribution in [0.15, 0.2) is 36.7 Å². The van der Waals surface area contributed by atoms with Gasteiger partial charge in [0.05, 0.1) is 12.4 Å². The first-order valence-corrected chi connectivity index (χ1v) is 7.70. The fourth-order valence-electron chi connectivity index (χ4n) is 2.87. The Bertz CT molecular complexity index is 776. The van der Waals surface area contributed by atoms with Gasteiger partial charge in [-0.3, -0.25) is 9.59 Å². The Morgan fingerprint density at radius 2 is 1.96 bits per heavy atom. The summed E-state index contributed by atoms with van der Waals surface area (Å²) in [6, 6.07) is 7.08. The second-order valence-electron chi connectivity index (χ2n) is 5.85. The van der Waals surface area contributed by atoms with Crippen molar-refractivity contribution >= 4 is 17.5 Å². The largest absolute Gasteiger partial charge is 0.505 e. The number of aromatic hydroxyl groups is 1. The molecular formula is C17H18N4O3. The summed E-state index contributed by atoms with van der Waals surface area (Å²) in [4.78, 5) is 34.1. The van der Waals surface area contributed by atoms with Crippen LogP contribution >= 0.6 is 0 Å². The first kappa shape index (κ1) is 15.9. The highest BCUT2D eigenvalue weighted by Crippen LogP contribution is 2.32. The molecule has 1 aromatic heterocycles. The fraction of sp³-hybridized carbons (Fsp3) is 0.294. The fourth-order valence-corrected chi connectivity index (χ4v) is 2.87. The van der Waals surface area contributed by atoms with Crippen molar-refractivity contribution in [3.05, 3.63) is 48.0 Å². The molecule has 7 nitrogen and oxygen atoms in total. The molecule has 2 atom stereocenters. The molecule has 0 spiro atoms.